The molecule has 0 saturated carbocycles. The summed E-state index contributed by atoms with van der Waals surface area (Å²) in [5.74, 6) is 0. The zero-order valence-electron chi connectivity index (χ0n) is 7.51. The van der Waals surface area contributed by atoms with Gasteiger partial charge in [0.15, 0.2) is 0 Å². The Morgan fingerprint density at radius 2 is 1.83 bits per heavy atom. The van der Waals surface area contributed by atoms with Crippen LogP contribution in [0, 0.1) is 0 Å². The molecular weight excluding hydrogens is 155 g/mol. The van der Waals surface area contributed by atoms with Gasteiger partial charge in [0.2, 0.25) is 0 Å². The third kappa shape index (κ3) is 1.96. The minimum Gasteiger partial charge on any atom is -0.290 e. The van der Waals surface area contributed by atoms with Crippen molar-refractivity contribution in [1.29, 1.82) is 0 Å². The molecule has 2 nitrogen and oxygen atoms in total. The van der Waals surface area contributed by atoms with Gasteiger partial charge in [0.1, 0.15) is 6.17 Å². The van der Waals surface area contributed by atoms with E-state index in [0.717, 1.165) is 19.6 Å². The van der Waals surface area contributed by atoms with Crippen LogP contribution in [0.3, 0.4) is 0 Å². The number of halogens is 1. The molecule has 1 atom stereocenters. The number of alkyl halides is 1. The number of nitrogens with zero attached hydrogens (tertiary/aromatic N) is 2. The van der Waals surface area contributed by atoms with E-state index in [1.807, 2.05) is 0 Å². The predicted octanol–water partition coefficient (Wildman–Crippen LogP) is 1.08. The number of hydrogen-bond donors (Lipinski definition) is 0. The normalized spacial score (nSPS) is 33.2. The van der Waals surface area contributed by atoms with Crippen LogP contribution in [0.2, 0.25) is 0 Å². The van der Waals surface area contributed by atoms with Crippen molar-refractivity contribution in [3.63, 3.8) is 0 Å². The molecule has 0 aromatic heterocycles. The number of likely N-dealkylation sites (tertiary alicyclic amines) is 2. The lowest BCUT2D eigenvalue weighted by Crippen LogP contribution is -2.34. The summed E-state index contributed by atoms with van der Waals surface area (Å²) in [5.41, 5.74) is 0. The summed E-state index contributed by atoms with van der Waals surface area (Å²) in [6.07, 6.45) is 2.83. The first-order chi connectivity index (χ1) is 5.84. The zero-order chi connectivity index (χ0) is 8.39. The van der Waals surface area contributed by atoms with Gasteiger partial charge in [0.25, 0.3) is 0 Å². The highest BCUT2D eigenvalue weighted by molar-refractivity contribution is 4.76. The van der Waals surface area contributed by atoms with Gasteiger partial charge in [-0.05, 0) is 32.4 Å². The van der Waals surface area contributed by atoms with Gasteiger partial charge < -0.3 is 0 Å². The third-order valence-corrected chi connectivity index (χ3v) is 2.81. The molecule has 0 aliphatic carbocycles. The average molecular weight is 172 g/mol. The summed E-state index contributed by atoms with van der Waals surface area (Å²) >= 11 is 0. The van der Waals surface area contributed by atoms with Crippen molar-refractivity contribution in [1.82, 2.24) is 9.80 Å². The molecule has 0 bridgehead atoms. The summed E-state index contributed by atoms with van der Waals surface area (Å²) in [5, 5.41) is 0. The van der Waals surface area contributed by atoms with E-state index in [-0.39, 0.29) is 0 Å². The average Bonchev–Trinajstić information content (AvgIpc) is 2.63. The molecule has 3 heteroatoms. The monoisotopic (exact) mass is 172 g/mol. The molecule has 2 aliphatic rings. The summed E-state index contributed by atoms with van der Waals surface area (Å²) in [6.45, 7) is 5.05. The highest BCUT2D eigenvalue weighted by Crippen LogP contribution is 2.14. The van der Waals surface area contributed by atoms with Crippen LogP contribution < -0.4 is 0 Å². The van der Waals surface area contributed by atoms with Gasteiger partial charge >= 0.3 is 0 Å². The van der Waals surface area contributed by atoms with Crippen molar-refractivity contribution in [3.05, 3.63) is 0 Å². The molecule has 0 radical (unpaired) electrons. The van der Waals surface area contributed by atoms with E-state index in [9.17, 15) is 4.39 Å². The Bertz CT molecular complexity index is 145. The molecule has 2 aliphatic heterocycles. The second-order valence-electron chi connectivity index (χ2n) is 3.93. The highest BCUT2D eigenvalue weighted by atomic mass is 19.1. The first kappa shape index (κ1) is 8.45. The van der Waals surface area contributed by atoms with E-state index in [1.165, 1.54) is 25.9 Å². The van der Waals surface area contributed by atoms with E-state index in [4.69, 9.17) is 0 Å². The number of rotatable bonds is 2. The minimum absolute atomic E-state index is 0.562. The van der Waals surface area contributed by atoms with E-state index < -0.39 is 6.17 Å². The SMILES string of the molecule is F[C@H]1CCN(CN2CCCC2)C1. The molecule has 2 fully saturated rings. The van der Waals surface area contributed by atoms with Crippen LogP contribution in [0.4, 0.5) is 4.39 Å². The maximum absolute atomic E-state index is 12.8. The van der Waals surface area contributed by atoms with Gasteiger partial charge in [-0.3, -0.25) is 9.80 Å². The van der Waals surface area contributed by atoms with Crippen molar-refractivity contribution in [2.75, 3.05) is 32.8 Å². The van der Waals surface area contributed by atoms with Crippen molar-refractivity contribution in [3.8, 4) is 0 Å². The van der Waals surface area contributed by atoms with Gasteiger partial charge in [0.05, 0.1) is 6.67 Å². The van der Waals surface area contributed by atoms with E-state index in [1.54, 1.807) is 0 Å². The second kappa shape index (κ2) is 3.71. The molecular formula is C9H17FN2. The lowest BCUT2D eigenvalue weighted by Gasteiger charge is -2.22. The fourth-order valence-corrected chi connectivity index (χ4v) is 2.12. The van der Waals surface area contributed by atoms with Crippen molar-refractivity contribution < 1.29 is 4.39 Å². The van der Waals surface area contributed by atoms with Gasteiger partial charge in [-0.2, -0.15) is 0 Å². The first-order valence-electron chi connectivity index (χ1n) is 4.93. The Kier molecular flexibility index (Phi) is 2.61. The maximum atomic E-state index is 12.8. The van der Waals surface area contributed by atoms with Crippen LogP contribution in [0.5, 0.6) is 0 Å². The molecule has 0 aromatic carbocycles. The second-order valence-corrected chi connectivity index (χ2v) is 3.93. The molecule has 2 rings (SSSR count). The Hall–Kier alpha value is -0.150. The highest BCUT2D eigenvalue weighted by Gasteiger charge is 2.23. The molecule has 0 amide bonds. The molecule has 0 N–H and O–H groups in total. The number of hydrogen-bond acceptors (Lipinski definition) is 2. The van der Waals surface area contributed by atoms with Crippen LogP contribution >= 0.6 is 0 Å². The quantitative estimate of drug-likeness (QED) is 0.615. The van der Waals surface area contributed by atoms with Gasteiger partial charge in [-0.25, -0.2) is 4.39 Å². The molecule has 0 spiro atoms. The fraction of sp³-hybridized carbons (Fsp3) is 1.00. The van der Waals surface area contributed by atoms with Crippen LogP contribution in [0.15, 0.2) is 0 Å². The topological polar surface area (TPSA) is 6.48 Å². The van der Waals surface area contributed by atoms with Crippen molar-refractivity contribution >= 4 is 0 Å². The molecule has 0 unspecified atom stereocenters. The van der Waals surface area contributed by atoms with Crippen molar-refractivity contribution in [2.45, 2.75) is 25.4 Å². The Morgan fingerprint density at radius 1 is 1.08 bits per heavy atom. The Labute approximate surface area is 73.3 Å². The minimum atomic E-state index is -0.562. The maximum Gasteiger partial charge on any atom is 0.114 e. The Balaban J connectivity index is 1.72. The summed E-state index contributed by atoms with van der Waals surface area (Å²) in [4.78, 5) is 4.66. The van der Waals surface area contributed by atoms with E-state index >= 15 is 0 Å². The Morgan fingerprint density at radius 3 is 2.42 bits per heavy atom. The lowest BCUT2D eigenvalue weighted by atomic mass is 10.3. The summed E-state index contributed by atoms with van der Waals surface area (Å²) < 4.78 is 12.8. The van der Waals surface area contributed by atoms with Crippen LogP contribution in [-0.2, 0) is 0 Å². The van der Waals surface area contributed by atoms with Crippen LogP contribution in [-0.4, -0.2) is 48.8 Å². The molecule has 0 aromatic rings. The van der Waals surface area contributed by atoms with E-state index in [2.05, 4.69) is 9.80 Å². The van der Waals surface area contributed by atoms with Gasteiger partial charge in [-0.15, -0.1) is 0 Å². The molecule has 2 saturated heterocycles. The zero-order valence-corrected chi connectivity index (χ0v) is 7.51. The lowest BCUT2D eigenvalue weighted by molar-refractivity contribution is 0.171. The van der Waals surface area contributed by atoms with Gasteiger partial charge in [-0.1, -0.05) is 0 Å². The largest absolute Gasteiger partial charge is 0.290 e. The standard InChI is InChI=1S/C9H17FN2/c10-9-3-6-12(7-9)8-11-4-1-2-5-11/h9H,1-8H2/t9-/m0/s1. The summed E-state index contributed by atoms with van der Waals surface area (Å²) in [6, 6.07) is 0. The smallest absolute Gasteiger partial charge is 0.114 e. The fourth-order valence-electron chi connectivity index (χ4n) is 2.12. The van der Waals surface area contributed by atoms with Gasteiger partial charge in [0, 0.05) is 13.1 Å². The third-order valence-electron chi connectivity index (χ3n) is 2.81. The predicted molar refractivity (Wildman–Crippen MR) is 46.8 cm³/mol. The first-order valence-corrected chi connectivity index (χ1v) is 4.93. The van der Waals surface area contributed by atoms with Crippen molar-refractivity contribution in [2.24, 2.45) is 0 Å². The van der Waals surface area contributed by atoms with Crippen LogP contribution in [0.25, 0.3) is 0 Å². The van der Waals surface area contributed by atoms with E-state index in [0.29, 0.717) is 6.54 Å². The molecule has 70 valence electrons. The molecule has 12 heavy (non-hydrogen) atoms. The summed E-state index contributed by atoms with van der Waals surface area (Å²) in [7, 11) is 0. The molecule has 2 heterocycles. The van der Waals surface area contributed by atoms with Crippen LogP contribution in [0.1, 0.15) is 19.3 Å².